The van der Waals surface area contributed by atoms with E-state index in [2.05, 4.69) is 44.6 Å². The summed E-state index contributed by atoms with van der Waals surface area (Å²) in [5.41, 5.74) is 3.84. The third-order valence-electron chi connectivity index (χ3n) is 4.38. The monoisotopic (exact) mass is 455 g/mol. The molecule has 0 saturated carbocycles. The molecule has 2 aromatic rings. The van der Waals surface area contributed by atoms with Crippen molar-refractivity contribution in [2.75, 3.05) is 33.7 Å². The molecule has 1 aromatic heterocycles. The van der Waals surface area contributed by atoms with E-state index in [1.165, 1.54) is 11.1 Å². The van der Waals surface area contributed by atoms with Crippen molar-refractivity contribution < 1.29 is 4.52 Å². The molecule has 6 nitrogen and oxygen atoms in total. The summed E-state index contributed by atoms with van der Waals surface area (Å²) < 4.78 is 4.87. The van der Waals surface area contributed by atoms with Crippen molar-refractivity contribution in [3.8, 4) is 0 Å². The lowest BCUT2D eigenvalue weighted by Crippen LogP contribution is -2.43. The Balaban J connectivity index is 0.00000225. The molecule has 1 N–H and O–H groups in total. The van der Waals surface area contributed by atoms with Gasteiger partial charge < -0.3 is 14.7 Å². The lowest BCUT2D eigenvalue weighted by molar-refractivity contribution is 0.257. The summed E-state index contributed by atoms with van der Waals surface area (Å²) in [7, 11) is 3.81. The molecule has 0 atom stereocenters. The largest absolute Gasteiger partial charge is 0.364 e. The van der Waals surface area contributed by atoms with E-state index in [4.69, 9.17) is 4.52 Å². The summed E-state index contributed by atoms with van der Waals surface area (Å²) >= 11 is 0. The molecule has 7 heteroatoms. The van der Waals surface area contributed by atoms with Gasteiger partial charge in [-0.3, -0.25) is 9.89 Å². The van der Waals surface area contributed by atoms with Crippen LogP contribution in [0.25, 0.3) is 0 Å². The molecule has 0 unspecified atom stereocenters. The maximum Gasteiger partial charge on any atom is 0.193 e. The SMILES string of the molecule is CN=C(NCCN1CCc2ccccc2C1)N(C)Cc1ccon1.I. The van der Waals surface area contributed by atoms with Gasteiger partial charge in [-0.15, -0.1) is 24.0 Å². The third kappa shape index (κ3) is 5.43. The molecule has 3 rings (SSSR count). The van der Waals surface area contributed by atoms with E-state index in [1.807, 2.05) is 18.0 Å². The van der Waals surface area contributed by atoms with E-state index in [0.717, 1.165) is 44.3 Å². The molecule has 1 aliphatic rings. The minimum absolute atomic E-state index is 0. The Morgan fingerprint density at radius 1 is 1.32 bits per heavy atom. The Kier molecular flexibility index (Phi) is 7.70. The molecule has 0 radical (unpaired) electrons. The van der Waals surface area contributed by atoms with Gasteiger partial charge in [0.1, 0.15) is 12.0 Å². The minimum Gasteiger partial charge on any atom is -0.364 e. The molecule has 0 amide bonds. The number of halogens is 1. The van der Waals surface area contributed by atoms with Gasteiger partial charge in [0.25, 0.3) is 0 Å². The highest BCUT2D eigenvalue weighted by atomic mass is 127. The van der Waals surface area contributed by atoms with Gasteiger partial charge in [-0.25, -0.2) is 0 Å². The molecule has 1 aromatic carbocycles. The summed E-state index contributed by atoms with van der Waals surface area (Å²) in [5, 5.41) is 7.37. The van der Waals surface area contributed by atoms with Crippen LogP contribution in [0.15, 0.2) is 46.1 Å². The second-order valence-corrected chi connectivity index (χ2v) is 6.12. The molecule has 0 fully saturated rings. The Bertz CT molecular complexity index is 674. The second kappa shape index (κ2) is 9.76. The summed E-state index contributed by atoms with van der Waals surface area (Å²) in [6.07, 6.45) is 2.73. The molecule has 25 heavy (non-hydrogen) atoms. The zero-order chi connectivity index (χ0) is 16.8. The van der Waals surface area contributed by atoms with Crippen molar-refractivity contribution in [1.29, 1.82) is 0 Å². The second-order valence-electron chi connectivity index (χ2n) is 6.12. The number of fused-ring (bicyclic) bond motifs is 1. The van der Waals surface area contributed by atoms with Gasteiger partial charge in [0, 0.05) is 46.3 Å². The first-order valence-corrected chi connectivity index (χ1v) is 8.36. The molecular weight excluding hydrogens is 429 g/mol. The summed E-state index contributed by atoms with van der Waals surface area (Å²) in [6, 6.07) is 10.6. The number of hydrogen-bond donors (Lipinski definition) is 1. The predicted octanol–water partition coefficient (Wildman–Crippen LogP) is 2.36. The number of nitrogens with one attached hydrogen (secondary N) is 1. The molecule has 0 saturated heterocycles. The fourth-order valence-electron chi connectivity index (χ4n) is 3.09. The number of guanidine groups is 1. The number of hydrogen-bond acceptors (Lipinski definition) is 4. The molecule has 0 aliphatic carbocycles. The van der Waals surface area contributed by atoms with Crippen LogP contribution in [0.4, 0.5) is 0 Å². The Morgan fingerprint density at radius 3 is 2.84 bits per heavy atom. The number of nitrogens with zero attached hydrogens (tertiary/aromatic N) is 4. The van der Waals surface area contributed by atoms with Crippen molar-refractivity contribution in [1.82, 2.24) is 20.3 Å². The zero-order valence-electron chi connectivity index (χ0n) is 14.8. The smallest absolute Gasteiger partial charge is 0.193 e. The van der Waals surface area contributed by atoms with Gasteiger partial charge in [0.15, 0.2) is 5.96 Å². The first-order valence-electron chi connectivity index (χ1n) is 8.36. The van der Waals surface area contributed by atoms with Crippen LogP contribution in [0.5, 0.6) is 0 Å². The minimum atomic E-state index is 0. The van der Waals surface area contributed by atoms with E-state index >= 15 is 0 Å². The van der Waals surface area contributed by atoms with Crippen LogP contribution in [0.2, 0.25) is 0 Å². The van der Waals surface area contributed by atoms with Gasteiger partial charge in [0.2, 0.25) is 0 Å². The quantitative estimate of drug-likeness (QED) is 0.426. The van der Waals surface area contributed by atoms with E-state index in [1.54, 1.807) is 13.3 Å². The van der Waals surface area contributed by atoms with Crippen molar-refractivity contribution in [3.05, 3.63) is 53.4 Å². The molecule has 2 heterocycles. The number of benzene rings is 1. The van der Waals surface area contributed by atoms with Crippen molar-refractivity contribution in [2.45, 2.75) is 19.5 Å². The molecule has 0 spiro atoms. The van der Waals surface area contributed by atoms with Gasteiger partial charge >= 0.3 is 0 Å². The number of rotatable bonds is 5. The first-order chi connectivity index (χ1) is 11.8. The fourth-order valence-corrected chi connectivity index (χ4v) is 3.09. The molecule has 136 valence electrons. The van der Waals surface area contributed by atoms with E-state index in [-0.39, 0.29) is 24.0 Å². The van der Waals surface area contributed by atoms with Crippen LogP contribution in [-0.2, 0) is 19.5 Å². The van der Waals surface area contributed by atoms with Crippen LogP contribution in [-0.4, -0.2) is 54.6 Å². The van der Waals surface area contributed by atoms with E-state index in [9.17, 15) is 0 Å². The van der Waals surface area contributed by atoms with Crippen LogP contribution in [0, 0.1) is 0 Å². The highest BCUT2D eigenvalue weighted by Gasteiger charge is 2.15. The lowest BCUT2D eigenvalue weighted by atomic mass is 10.00. The average Bonchev–Trinajstić information content (AvgIpc) is 3.11. The maximum absolute atomic E-state index is 4.87. The number of aliphatic imine (C=N–C) groups is 1. The van der Waals surface area contributed by atoms with Gasteiger partial charge in [-0.1, -0.05) is 29.4 Å². The maximum atomic E-state index is 4.87. The Labute approximate surface area is 166 Å². The van der Waals surface area contributed by atoms with E-state index < -0.39 is 0 Å². The fraction of sp³-hybridized carbons (Fsp3) is 0.444. The first kappa shape index (κ1) is 19.7. The Hall–Kier alpha value is -1.61. The van der Waals surface area contributed by atoms with Crippen LogP contribution in [0.1, 0.15) is 16.8 Å². The van der Waals surface area contributed by atoms with Crippen molar-refractivity contribution in [3.63, 3.8) is 0 Å². The normalized spacial score (nSPS) is 14.6. The topological polar surface area (TPSA) is 56.9 Å². The van der Waals surface area contributed by atoms with Crippen molar-refractivity contribution >= 4 is 29.9 Å². The zero-order valence-corrected chi connectivity index (χ0v) is 17.1. The summed E-state index contributed by atoms with van der Waals surface area (Å²) in [4.78, 5) is 8.87. The third-order valence-corrected chi connectivity index (χ3v) is 4.38. The van der Waals surface area contributed by atoms with Crippen molar-refractivity contribution in [2.24, 2.45) is 4.99 Å². The summed E-state index contributed by atoms with van der Waals surface area (Å²) in [6.45, 7) is 4.70. The molecule has 0 bridgehead atoms. The molecular formula is C18H26IN5O. The van der Waals surface area contributed by atoms with Gasteiger partial charge in [0.05, 0.1) is 6.54 Å². The summed E-state index contributed by atoms with van der Waals surface area (Å²) in [5.74, 6) is 0.871. The van der Waals surface area contributed by atoms with Crippen LogP contribution >= 0.6 is 24.0 Å². The molecule has 1 aliphatic heterocycles. The standard InChI is InChI=1S/C18H25N5O.HI/c1-19-18(22(2)14-17-8-12-24-21-17)20-9-11-23-10-7-15-5-3-4-6-16(15)13-23;/h3-6,8,12H,7,9-11,13-14H2,1-2H3,(H,19,20);1H. The predicted molar refractivity (Wildman–Crippen MR) is 110 cm³/mol. The Morgan fingerprint density at radius 2 is 2.12 bits per heavy atom. The van der Waals surface area contributed by atoms with Crippen LogP contribution < -0.4 is 5.32 Å². The lowest BCUT2D eigenvalue weighted by Gasteiger charge is -2.29. The van der Waals surface area contributed by atoms with Crippen LogP contribution in [0.3, 0.4) is 0 Å². The van der Waals surface area contributed by atoms with Gasteiger partial charge in [-0.05, 0) is 17.5 Å². The average molecular weight is 455 g/mol. The van der Waals surface area contributed by atoms with E-state index in [0.29, 0.717) is 6.54 Å². The highest BCUT2D eigenvalue weighted by molar-refractivity contribution is 14.0. The van der Waals surface area contributed by atoms with Gasteiger partial charge in [-0.2, -0.15) is 0 Å². The number of aromatic nitrogens is 1. The highest BCUT2D eigenvalue weighted by Crippen LogP contribution is 2.17.